The Hall–Kier alpha value is -1.21. The first-order chi connectivity index (χ1) is 6.06. The van der Waals surface area contributed by atoms with Gasteiger partial charge in [-0.1, -0.05) is 11.6 Å². The maximum Gasteiger partial charge on any atom is 0.280 e. The zero-order valence-electron chi connectivity index (χ0n) is 6.68. The van der Waals surface area contributed by atoms with Crippen molar-refractivity contribution in [1.82, 2.24) is 4.98 Å². The van der Waals surface area contributed by atoms with Crippen LogP contribution in [0.5, 0.6) is 0 Å². The molecule has 0 N–H and O–H groups in total. The fourth-order valence-electron chi connectivity index (χ4n) is 0.894. The summed E-state index contributed by atoms with van der Waals surface area (Å²) in [6.45, 7) is 1.47. The van der Waals surface area contributed by atoms with E-state index in [4.69, 9.17) is 16.9 Å². The quantitative estimate of drug-likeness (QED) is 0.702. The Morgan fingerprint density at radius 2 is 2.23 bits per heavy atom. The van der Waals surface area contributed by atoms with E-state index in [0.29, 0.717) is 5.56 Å². The van der Waals surface area contributed by atoms with E-state index in [0.717, 1.165) is 0 Å². The van der Waals surface area contributed by atoms with Crippen molar-refractivity contribution in [3.63, 3.8) is 0 Å². The molecule has 1 aromatic heterocycles. The van der Waals surface area contributed by atoms with E-state index in [-0.39, 0.29) is 16.4 Å². The van der Waals surface area contributed by atoms with Crippen molar-refractivity contribution < 1.29 is 8.78 Å². The van der Waals surface area contributed by atoms with Crippen LogP contribution < -0.4 is 0 Å². The van der Waals surface area contributed by atoms with Gasteiger partial charge in [-0.2, -0.15) is 5.26 Å². The maximum atomic E-state index is 12.3. The second-order valence-corrected chi connectivity index (χ2v) is 2.84. The molecule has 2 nitrogen and oxygen atoms in total. The van der Waals surface area contributed by atoms with E-state index < -0.39 is 6.43 Å². The summed E-state index contributed by atoms with van der Waals surface area (Å²) in [5.41, 5.74) is -0.262. The molecule has 0 radical (unpaired) electrons. The van der Waals surface area contributed by atoms with Gasteiger partial charge in [-0.15, -0.1) is 0 Å². The molecule has 1 rings (SSSR count). The number of hydrogen-bond acceptors (Lipinski definition) is 2. The highest BCUT2D eigenvalue weighted by Crippen LogP contribution is 2.24. The van der Waals surface area contributed by atoms with Gasteiger partial charge in [0.25, 0.3) is 6.43 Å². The highest BCUT2D eigenvalue weighted by atomic mass is 35.5. The van der Waals surface area contributed by atoms with Gasteiger partial charge in [0.15, 0.2) is 5.69 Å². The molecule has 0 aromatic carbocycles. The molecule has 0 aliphatic heterocycles. The number of nitrogens with zero attached hydrogens (tertiary/aromatic N) is 2. The highest BCUT2D eigenvalue weighted by molar-refractivity contribution is 6.31. The summed E-state index contributed by atoms with van der Waals surface area (Å²) in [6, 6.07) is 2.96. The van der Waals surface area contributed by atoms with Gasteiger partial charge < -0.3 is 0 Å². The van der Waals surface area contributed by atoms with Crippen LogP contribution >= 0.6 is 11.6 Å². The van der Waals surface area contributed by atoms with Gasteiger partial charge in [0.05, 0.1) is 5.02 Å². The van der Waals surface area contributed by atoms with Crippen molar-refractivity contribution in [3.05, 3.63) is 28.0 Å². The number of halogens is 3. The van der Waals surface area contributed by atoms with Gasteiger partial charge in [-0.3, -0.25) is 0 Å². The lowest BCUT2D eigenvalue weighted by molar-refractivity contribution is 0.145. The number of alkyl halides is 2. The first kappa shape index (κ1) is 9.87. The third-order valence-corrected chi connectivity index (χ3v) is 1.81. The van der Waals surface area contributed by atoms with E-state index >= 15 is 0 Å². The molecular weight excluding hydrogens is 198 g/mol. The number of aromatic nitrogens is 1. The molecule has 0 saturated heterocycles. The minimum atomic E-state index is -2.68. The molecule has 0 atom stereocenters. The zero-order valence-corrected chi connectivity index (χ0v) is 7.44. The standard InChI is InChI=1S/C8H5ClF2N2/c1-4-2-5(9)6(3-12)13-7(4)8(10)11/h2,8H,1H3. The molecule has 0 aliphatic rings. The van der Waals surface area contributed by atoms with Crippen LogP contribution in [0.2, 0.25) is 5.02 Å². The Labute approximate surface area is 78.8 Å². The molecule has 0 saturated carbocycles. The molecule has 1 heterocycles. The monoisotopic (exact) mass is 202 g/mol. The topological polar surface area (TPSA) is 36.7 Å². The van der Waals surface area contributed by atoms with Gasteiger partial charge in [-0.25, -0.2) is 13.8 Å². The normalized spacial score (nSPS) is 10.2. The van der Waals surface area contributed by atoms with E-state index in [1.165, 1.54) is 13.0 Å². The van der Waals surface area contributed by atoms with E-state index in [2.05, 4.69) is 4.98 Å². The van der Waals surface area contributed by atoms with E-state index in [9.17, 15) is 8.78 Å². The minimum absolute atomic E-state index is 0.101. The van der Waals surface area contributed by atoms with Crippen molar-refractivity contribution in [2.24, 2.45) is 0 Å². The van der Waals surface area contributed by atoms with Crippen molar-refractivity contribution in [1.29, 1.82) is 5.26 Å². The van der Waals surface area contributed by atoms with Crippen molar-refractivity contribution in [3.8, 4) is 6.07 Å². The van der Waals surface area contributed by atoms with Crippen molar-refractivity contribution in [2.45, 2.75) is 13.3 Å². The molecule has 0 unspecified atom stereocenters. The molecule has 0 bridgehead atoms. The lowest BCUT2D eigenvalue weighted by Crippen LogP contribution is -1.97. The smallest absolute Gasteiger partial charge is 0.234 e. The summed E-state index contributed by atoms with van der Waals surface area (Å²) in [7, 11) is 0. The van der Waals surface area contributed by atoms with Gasteiger partial charge in [-0.05, 0) is 18.6 Å². The van der Waals surface area contributed by atoms with Gasteiger partial charge in [0.1, 0.15) is 11.8 Å². The predicted octanol–water partition coefficient (Wildman–Crippen LogP) is 2.85. The van der Waals surface area contributed by atoms with Gasteiger partial charge in [0.2, 0.25) is 0 Å². The van der Waals surface area contributed by atoms with E-state index in [1.54, 1.807) is 6.07 Å². The highest BCUT2D eigenvalue weighted by Gasteiger charge is 2.15. The molecule has 0 aliphatic carbocycles. The Morgan fingerprint density at radius 1 is 1.62 bits per heavy atom. The summed E-state index contributed by atoms with van der Waals surface area (Å²) in [5.74, 6) is 0. The van der Waals surface area contributed by atoms with Crippen LogP contribution in [-0.4, -0.2) is 4.98 Å². The number of nitriles is 1. The first-order valence-electron chi connectivity index (χ1n) is 3.41. The molecule has 1 aromatic rings. The SMILES string of the molecule is Cc1cc(Cl)c(C#N)nc1C(F)F. The molecule has 5 heteroatoms. The summed E-state index contributed by atoms with van der Waals surface area (Å²) in [4.78, 5) is 3.45. The number of rotatable bonds is 1. The zero-order chi connectivity index (χ0) is 10.0. The summed E-state index contributed by atoms with van der Waals surface area (Å²) >= 11 is 5.58. The third kappa shape index (κ3) is 1.93. The minimum Gasteiger partial charge on any atom is -0.234 e. The lowest BCUT2D eigenvalue weighted by Gasteiger charge is -2.04. The number of aryl methyl sites for hydroxylation is 1. The summed E-state index contributed by atoms with van der Waals surface area (Å²) in [6.07, 6.45) is -2.68. The number of pyridine rings is 1. The Kier molecular flexibility index (Phi) is 2.79. The van der Waals surface area contributed by atoms with Crippen LogP contribution in [0.4, 0.5) is 8.78 Å². The second kappa shape index (κ2) is 3.67. The van der Waals surface area contributed by atoms with Crippen molar-refractivity contribution >= 4 is 11.6 Å². The molecular formula is C8H5ClF2N2. The molecule has 0 amide bonds. The Morgan fingerprint density at radius 3 is 2.69 bits per heavy atom. The fourth-order valence-corrected chi connectivity index (χ4v) is 1.14. The predicted molar refractivity (Wildman–Crippen MR) is 43.7 cm³/mol. The second-order valence-electron chi connectivity index (χ2n) is 2.43. The molecule has 0 spiro atoms. The van der Waals surface area contributed by atoms with Crippen LogP contribution in [0.25, 0.3) is 0 Å². The molecule has 0 fully saturated rings. The number of hydrogen-bond donors (Lipinski definition) is 0. The lowest BCUT2D eigenvalue weighted by atomic mass is 10.2. The summed E-state index contributed by atoms with van der Waals surface area (Å²) < 4.78 is 24.5. The van der Waals surface area contributed by atoms with Crippen LogP contribution in [0.3, 0.4) is 0 Å². The Balaban J connectivity index is 3.33. The van der Waals surface area contributed by atoms with Crippen LogP contribution in [0.15, 0.2) is 6.07 Å². The molecule has 68 valence electrons. The van der Waals surface area contributed by atoms with Crippen LogP contribution in [0.1, 0.15) is 23.4 Å². The van der Waals surface area contributed by atoms with Crippen LogP contribution in [-0.2, 0) is 0 Å². The maximum absolute atomic E-state index is 12.3. The first-order valence-corrected chi connectivity index (χ1v) is 3.79. The third-order valence-electron chi connectivity index (χ3n) is 1.52. The van der Waals surface area contributed by atoms with Gasteiger partial charge >= 0.3 is 0 Å². The van der Waals surface area contributed by atoms with Gasteiger partial charge in [0, 0.05) is 0 Å². The van der Waals surface area contributed by atoms with Crippen LogP contribution in [0, 0.1) is 18.3 Å². The largest absolute Gasteiger partial charge is 0.280 e. The average molecular weight is 203 g/mol. The fraction of sp³-hybridized carbons (Fsp3) is 0.250. The Bertz CT molecular complexity index is 371. The van der Waals surface area contributed by atoms with E-state index in [1.807, 2.05) is 0 Å². The molecule has 13 heavy (non-hydrogen) atoms. The van der Waals surface area contributed by atoms with Crippen molar-refractivity contribution in [2.75, 3.05) is 0 Å². The summed E-state index contributed by atoms with van der Waals surface area (Å²) in [5, 5.41) is 8.58. The average Bonchev–Trinajstić information content (AvgIpc) is 2.03.